The molecule has 0 aliphatic carbocycles. The Balaban J connectivity index is 1.97. The average Bonchev–Trinajstić information content (AvgIpc) is 2.84. The molecule has 0 unspecified atom stereocenters. The van der Waals surface area contributed by atoms with E-state index < -0.39 is 0 Å². The van der Waals surface area contributed by atoms with Crippen molar-refractivity contribution in [2.24, 2.45) is 10.2 Å². The van der Waals surface area contributed by atoms with Gasteiger partial charge in [0.1, 0.15) is 0 Å². The molecule has 3 aromatic rings. The number of aromatic nitrogens is 2. The predicted molar refractivity (Wildman–Crippen MR) is 99.5 cm³/mol. The predicted octanol–water partition coefficient (Wildman–Crippen LogP) is 5.96. The first-order valence-corrected chi connectivity index (χ1v) is 8.45. The topological polar surface area (TPSA) is 62.5 Å². The van der Waals surface area contributed by atoms with E-state index >= 15 is 0 Å². The van der Waals surface area contributed by atoms with E-state index in [1.165, 1.54) is 4.68 Å². The van der Waals surface area contributed by atoms with E-state index in [2.05, 4.69) is 31.3 Å². The Bertz CT molecular complexity index is 977. The van der Waals surface area contributed by atoms with Gasteiger partial charge in [-0.15, -0.1) is 5.11 Å². The average molecular weight is 426 g/mol. The lowest BCUT2D eigenvalue weighted by Crippen LogP contribution is -2.13. The Kier molecular flexibility index (Phi) is 4.89. The summed E-state index contributed by atoms with van der Waals surface area (Å²) in [6.07, 6.45) is 0. The molecule has 1 N–H and O–H groups in total. The molecular weight excluding hydrogens is 415 g/mol. The van der Waals surface area contributed by atoms with E-state index in [0.717, 1.165) is 4.47 Å². The zero-order valence-corrected chi connectivity index (χ0v) is 15.5. The normalized spacial score (nSPS) is 11.3. The second kappa shape index (κ2) is 6.93. The number of nitrogens with zero attached hydrogens (tertiary/aromatic N) is 3. The summed E-state index contributed by atoms with van der Waals surface area (Å²) >= 11 is 15.2. The summed E-state index contributed by atoms with van der Waals surface area (Å²) in [5, 5.41) is 11.9. The molecule has 0 amide bonds. The van der Waals surface area contributed by atoms with Crippen LogP contribution in [0.5, 0.6) is 0 Å². The van der Waals surface area contributed by atoms with Crippen molar-refractivity contribution < 1.29 is 0 Å². The third-order valence-corrected chi connectivity index (χ3v) is 4.56. The van der Waals surface area contributed by atoms with Gasteiger partial charge in [0.2, 0.25) is 0 Å². The van der Waals surface area contributed by atoms with Crippen molar-refractivity contribution in [2.45, 2.75) is 6.92 Å². The molecule has 0 saturated heterocycles. The molecule has 0 aliphatic rings. The minimum atomic E-state index is -0.279. The van der Waals surface area contributed by atoms with Gasteiger partial charge in [-0.3, -0.25) is 9.89 Å². The van der Waals surface area contributed by atoms with E-state index in [9.17, 15) is 4.79 Å². The van der Waals surface area contributed by atoms with Crippen LogP contribution in [0.4, 0.5) is 11.4 Å². The number of nitrogens with one attached hydrogen (secondary N) is 1. The summed E-state index contributed by atoms with van der Waals surface area (Å²) in [7, 11) is 0. The maximum atomic E-state index is 12.5. The maximum absolute atomic E-state index is 12.5. The molecule has 0 radical (unpaired) electrons. The van der Waals surface area contributed by atoms with Crippen molar-refractivity contribution in [2.75, 3.05) is 0 Å². The number of benzene rings is 2. The highest BCUT2D eigenvalue weighted by Crippen LogP contribution is 2.27. The van der Waals surface area contributed by atoms with Gasteiger partial charge in [0.05, 0.1) is 27.1 Å². The van der Waals surface area contributed by atoms with Gasteiger partial charge in [-0.1, -0.05) is 39.1 Å². The van der Waals surface area contributed by atoms with Gasteiger partial charge in [-0.2, -0.15) is 5.11 Å². The Labute approximate surface area is 156 Å². The van der Waals surface area contributed by atoms with E-state index in [1.54, 1.807) is 25.1 Å². The maximum Gasteiger partial charge on any atom is 0.299 e. The standard InChI is InChI=1S/C16H11BrCl2N4O/c1-9-15(21-20-11-4-7-13(18)14(19)8-11)16(24)23(22-9)12-5-2-10(17)3-6-12/h2-8,22H,1H3. The largest absolute Gasteiger partial charge is 0.299 e. The van der Waals surface area contributed by atoms with Gasteiger partial charge in [-0.05, 0) is 49.4 Å². The molecule has 122 valence electrons. The molecule has 1 heterocycles. The Morgan fingerprint density at radius 3 is 2.42 bits per heavy atom. The molecule has 8 heteroatoms. The van der Waals surface area contributed by atoms with Crippen LogP contribution < -0.4 is 5.56 Å². The van der Waals surface area contributed by atoms with Gasteiger partial charge < -0.3 is 0 Å². The summed E-state index contributed by atoms with van der Waals surface area (Å²) in [4.78, 5) is 12.5. The number of rotatable bonds is 3. The van der Waals surface area contributed by atoms with Crippen LogP contribution in [0, 0.1) is 6.92 Å². The number of hydrogen-bond donors (Lipinski definition) is 1. The van der Waals surface area contributed by atoms with Crippen LogP contribution in [0.25, 0.3) is 5.69 Å². The summed E-state index contributed by atoms with van der Waals surface area (Å²) in [6, 6.07) is 12.2. The molecule has 2 aromatic carbocycles. The number of H-pyrrole nitrogens is 1. The number of halogens is 3. The Morgan fingerprint density at radius 1 is 1.04 bits per heavy atom. The van der Waals surface area contributed by atoms with Crippen molar-refractivity contribution in [1.29, 1.82) is 0 Å². The molecule has 3 rings (SSSR count). The number of hydrogen-bond acceptors (Lipinski definition) is 3. The quantitative estimate of drug-likeness (QED) is 0.517. The van der Waals surface area contributed by atoms with E-state index in [-0.39, 0.29) is 11.2 Å². The molecular formula is C16H11BrCl2N4O. The van der Waals surface area contributed by atoms with Crippen molar-refractivity contribution in [3.8, 4) is 5.69 Å². The number of aromatic amines is 1. The monoisotopic (exact) mass is 424 g/mol. The van der Waals surface area contributed by atoms with Crippen LogP contribution >= 0.6 is 39.1 Å². The fraction of sp³-hybridized carbons (Fsp3) is 0.0625. The third kappa shape index (κ3) is 3.45. The lowest BCUT2D eigenvalue weighted by Gasteiger charge is -2.00. The molecule has 5 nitrogen and oxygen atoms in total. The molecule has 1 aromatic heterocycles. The minimum Gasteiger partial charge on any atom is -0.293 e. The van der Waals surface area contributed by atoms with E-state index in [1.807, 2.05) is 24.3 Å². The number of azo groups is 1. The molecule has 0 saturated carbocycles. The van der Waals surface area contributed by atoms with Crippen LogP contribution in [0.1, 0.15) is 5.69 Å². The van der Waals surface area contributed by atoms with Crippen LogP contribution in [0.15, 0.2) is 62.0 Å². The summed E-state index contributed by atoms with van der Waals surface area (Å²) in [5.74, 6) is 0. The zero-order chi connectivity index (χ0) is 17.3. The van der Waals surface area contributed by atoms with Gasteiger partial charge in [0.15, 0.2) is 5.69 Å². The highest BCUT2D eigenvalue weighted by atomic mass is 79.9. The van der Waals surface area contributed by atoms with Crippen LogP contribution in [-0.4, -0.2) is 9.78 Å². The fourth-order valence-corrected chi connectivity index (χ4v) is 2.64. The molecule has 0 aliphatic heterocycles. The van der Waals surface area contributed by atoms with E-state index in [0.29, 0.717) is 27.1 Å². The van der Waals surface area contributed by atoms with Crippen LogP contribution in [0.2, 0.25) is 10.0 Å². The van der Waals surface area contributed by atoms with Gasteiger partial charge in [0, 0.05) is 4.47 Å². The SMILES string of the molecule is Cc1[nH]n(-c2ccc(Br)cc2)c(=O)c1N=Nc1ccc(Cl)c(Cl)c1. The first-order valence-electron chi connectivity index (χ1n) is 6.90. The van der Waals surface area contributed by atoms with Crippen molar-refractivity contribution >= 4 is 50.5 Å². The number of aryl methyl sites for hydroxylation is 1. The molecule has 0 fully saturated rings. The van der Waals surface area contributed by atoms with Gasteiger partial charge in [-0.25, -0.2) is 4.68 Å². The highest BCUT2D eigenvalue weighted by molar-refractivity contribution is 9.10. The molecule has 0 spiro atoms. The van der Waals surface area contributed by atoms with Crippen LogP contribution in [-0.2, 0) is 0 Å². The smallest absolute Gasteiger partial charge is 0.293 e. The molecule has 0 atom stereocenters. The fourth-order valence-electron chi connectivity index (χ4n) is 2.08. The first-order chi connectivity index (χ1) is 11.5. The molecule has 0 bridgehead atoms. The molecule has 24 heavy (non-hydrogen) atoms. The second-order valence-electron chi connectivity index (χ2n) is 5.00. The lowest BCUT2D eigenvalue weighted by molar-refractivity contribution is 0.835. The van der Waals surface area contributed by atoms with Gasteiger partial charge >= 0.3 is 0 Å². The Morgan fingerprint density at radius 2 is 1.75 bits per heavy atom. The highest BCUT2D eigenvalue weighted by Gasteiger charge is 2.12. The summed E-state index contributed by atoms with van der Waals surface area (Å²) < 4.78 is 2.35. The van der Waals surface area contributed by atoms with Crippen molar-refractivity contribution in [1.82, 2.24) is 9.78 Å². The van der Waals surface area contributed by atoms with E-state index in [4.69, 9.17) is 23.2 Å². The van der Waals surface area contributed by atoms with Crippen LogP contribution in [0.3, 0.4) is 0 Å². The zero-order valence-electron chi connectivity index (χ0n) is 12.4. The first kappa shape index (κ1) is 17.0. The minimum absolute atomic E-state index is 0.240. The summed E-state index contributed by atoms with van der Waals surface area (Å²) in [6.45, 7) is 1.76. The van der Waals surface area contributed by atoms with Crippen molar-refractivity contribution in [3.63, 3.8) is 0 Å². The lowest BCUT2D eigenvalue weighted by atomic mass is 10.3. The van der Waals surface area contributed by atoms with Gasteiger partial charge in [0.25, 0.3) is 5.56 Å². The second-order valence-corrected chi connectivity index (χ2v) is 6.73. The van der Waals surface area contributed by atoms with Crippen molar-refractivity contribution in [3.05, 3.63) is 73.0 Å². The summed E-state index contributed by atoms with van der Waals surface area (Å²) in [5.41, 5.74) is 1.80. The third-order valence-electron chi connectivity index (χ3n) is 3.29. The Hall–Kier alpha value is -1.89.